The maximum absolute atomic E-state index is 13.5. The molecule has 0 fully saturated rings. The van der Waals surface area contributed by atoms with Gasteiger partial charge in [-0.3, -0.25) is 24.5 Å². The smallest absolute Gasteiger partial charge is 0.269 e. The summed E-state index contributed by atoms with van der Waals surface area (Å²) in [6.45, 7) is 0. The summed E-state index contributed by atoms with van der Waals surface area (Å²) in [6.07, 6.45) is 3.00. The number of hydrogen-bond donors (Lipinski definition) is 3. The molecule has 230 valence electrons. The van der Waals surface area contributed by atoms with Crippen LogP contribution in [0.2, 0.25) is 5.02 Å². The second kappa shape index (κ2) is 14.3. The Morgan fingerprint density at radius 1 is 0.891 bits per heavy atom. The second-order valence-corrected chi connectivity index (χ2v) is 10.6. The van der Waals surface area contributed by atoms with E-state index in [4.69, 9.17) is 21.8 Å². The molecule has 0 saturated carbocycles. The Balaban J connectivity index is 1.30. The van der Waals surface area contributed by atoms with E-state index in [1.54, 1.807) is 84.9 Å². The van der Waals surface area contributed by atoms with Crippen LogP contribution in [0.4, 0.5) is 17.1 Å². The molecule has 2 amide bonds. The molecule has 1 heterocycles. The number of anilines is 2. The molecule has 0 spiro atoms. The van der Waals surface area contributed by atoms with Crippen molar-refractivity contribution in [3.8, 4) is 11.3 Å². The third-order valence-electron chi connectivity index (χ3n) is 6.92. The van der Waals surface area contributed by atoms with E-state index in [1.807, 2.05) is 0 Å². The molecular weight excluding hydrogens is 608 g/mol. The molecule has 1 aromatic heterocycles. The Kier molecular flexibility index (Phi) is 9.81. The summed E-state index contributed by atoms with van der Waals surface area (Å²) in [5.74, 6) is -0.472. The number of nitrogens with zero attached hydrogens (tertiary/aromatic N) is 1. The van der Waals surface area contributed by atoms with Gasteiger partial charge in [0.1, 0.15) is 11.5 Å². The number of ketones is 1. The molecule has 46 heavy (non-hydrogen) atoms. The minimum atomic E-state index is -0.895. The molecule has 0 saturated heterocycles. The number of amides is 2. The monoisotopic (exact) mass is 634 g/mol. The van der Waals surface area contributed by atoms with Gasteiger partial charge in [0.15, 0.2) is 5.78 Å². The minimum absolute atomic E-state index is 0.0335. The summed E-state index contributed by atoms with van der Waals surface area (Å²) < 4.78 is 5.75. The molecule has 0 unspecified atom stereocenters. The minimum Gasteiger partial charge on any atom is -0.457 e. The number of nitro groups is 1. The van der Waals surface area contributed by atoms with Gasteiger partial charge in [-0.2, -0.15) is 0 Å². The number of nitro benzene ring substituents is 1. The van der Waals surface area contributed by atoms with Gasteiger partial charge in [-0.05, 0) is 72.7 Å². The molecule has 0 aliphatic carbocycles. The molecule has 10 nitrogen and oxygen atoms in total. The van der Waals surface area contributed by atoms with Crippen LogP contribution in [0.15, 0.2) is 120 Å². The highest BCUT2D eigenvalue weighted by molar-refractivity contribution is 6.30. The number of carbonyl (C=O) groups is 3. The van der Waals surface area contributed by atoms with E-state index in [1.165, 1.54) is 36.4 Å². The average molecular weight is 635 g/mol. The third-order valence-corrected chi connectivity index (χ3v) is 7.17. The van der Waals surface area contributed by atoms with Crippen molar-refractivity contribution in [2.75, 3.05) is 10.6 Å². The Labute approximate surface area is 268 Å². The van der Waals surface area contributed by atoms with Crippen LogP contribution in [0.3, 0.4) is 0 Å². The lowest BCUT2D eigenvalue weighted by molar-refractivity contribution is -0.384. The van der Waals surface area contributed by atoms with Gasteiger partial charge >= 0.3 is 0 Å². The van der Waals surface area contributed by atoms with E-state index in [0.29, 0.717) is 33.4 Å². The number of nitrogens with one attached hydrogen (secondary N) is 2. The number of halogens is 1. The van der Waals surface area contributed by atoms with Crippen LogP contribution in [0.25, 0.3) is 17.4 Å². The van der Waals surface area contributed by atoms with Gasteiger partial charge < -0.3 is 20.8 Å². The van der Waals surface area contributed by atoms with Gasteiger partial charge in [-0.1, -0.05) is 54.1 Å². The molecule has 4 aromatic carbocycles. The lowest BCUT2D eigenvalue weighted by Gasteiger charge is -2.16. The molecule has 11 heteroatoms. The van der Waals surface area contributed by atoms with E-state index < -0.39 is 22.8 Å². The summed E-state index contributed by atoms with van der Waals surface area (Å²) in [7, 11) is 0. The molecule has 0 radical (unpaired) electrons. The number of benzene rings is 4. The largest absolute Gasteiger partial charge is 0.457 e. The first-order valence-corrected chi connectivity index (χ1v) is 14.4. The topological polar surface area (TPSA) is 158 Å². The molecule has 0 aliphatic heterocycles. The molecule has 0 aliphatic rings. The van der Waals surface area contributed by atoms with Crippen molar-refractivity contribution >= 4 is 52.3 Å². The Bertz CT molecular complexity index is 1920. The van der Waals surface area contributed by atoms with Crippen molar-refractivity contribution in [2.24, 2.45) is 5.73 Å². The van der Waals surface area contributed by atoms with E-state index >= 15 is 0 Å². The highest BCUT2D eigenvalue weighted by Gasteiger charge is 2.20. The first-order chi connectivity index (χ1) is 22.2. The number of rotatable bonds is 11. The number of nitrogens with two attached hydrogens (primary N) is 1. The molecule has 4 N–H and O–H groups in total. The molecule has 0 bridgehead atoms. The van der Waals surface area contributed by atoms with Crippen molar-refractivity contribution in [1.29, 1.82) is 0 Å². The number of hydrogen-bond acceptors (Lipinski definition) is 7. The van der Waals surface area contributed by atoms with Crippen LogP contribution < -0.4 is 16.4 Å². The fourth-order valence-electron chi connectivity index (χ4n) is 4.54. The summed E-state index contributed by atoms with van der Waals surface area (Å²) in [5.41, 5.74) is 8.74. The first-order valence-electron chi connectivity index (χ1n) is 14.0. The van der Waals surface area contributed by atoms with Gasteiger partial charge in [0.2, 0.25) is 11.8 Å². The van der Waals surface area contributed by atoms with Crippen molar-refractivity contribution < 1.29 is 23.7 Å². The summed E-state index contributed by atoms with van der Waals surface area (Å²) in [5, 5.41) is 16.9. The standard InChI is InChI=1S/C35H27ClN4O6/c36-25-10-6-22(7-11-25)20-30(37)35(43)39-31-17-12-26(21-29(31)34(42)24-4-2-1-3-5-24)38-33(41)19-16-28-15-18-32(46-28)23-8-13-27(14-9-23)40(44)45/h1-19,21,30H,20,37H2,(H,38,41)(H,39,43)/b19-16+/t30-/m1/s1. The van der Waals surface area contributed by atoms with Gasteiger partial charge in [0.25, 0.3) is 5.69 Å². The molecule has 1 atom stereocenters. The molecular formula is C35H27ClN4O6. The highest BCUT2D eigenvalue weighted by Crippen LogP contribution is 2.26. The van der Waals surface area contributed by atoms with E-state index in [-0.39, 0.29) is 29.1 Å². The maximum atomic E-state index is 13.5. The van der Waals surface area contributed by atoms with Crippen LogP contribution in [0.5, 0.6) is 0 Å². The number of non-ortho nitro benzene ring substituents is 1. The molecule has 5 aromatic rings. The Hall–Kier alpha value is -5.84. The first kappa shape index (κ1) is 31.6. The van der Waals surface area contributed by atoms with Crippen LogP contribution in [-0.2, 0) is 16.0 Å². The van der Waals surface area contributed by atoms with Crippen molar-refractivity contribution in [1.82, 2.24) is 0 Å². The fraction of sp³-hybridized carbons (Fsp3) is 0.0571. The predicted octanol–water partition coefficient (Wildman–Crippen LogP) is 6.90. The average Bonchev–Trinajstić information content (AvgIpc) is 3.55. The zero-order valence-electron chi connectivity index (χ0n) is 24.2. The van der Waals surface area contributed by atoms with Gasteiger partial charge in [0, 0.05) is 45.6 Å². The Morgan fingerprint density at radius 2 is 1.61 bits per heavy atom. The second-order valence-electron chi connectivity index (χ2n) is 10.2. The van der Waals surface area contributed by atoms with Gasteiger partial charge in [-0.15, -0.1) is 0 Å². The van der Waals surface area contributed by atoms with Crippen molar-refractivity contribution in [3.63, 3.8) is 0 Å². The van der Waals surface area contributed by atoms with Crippen LogP contribution in [0, 0.1) is 10.1 Å². The summed E-state index contributed by atoms with van der Waals surface area (Å²) in [4.78, 5) is 49.7. The van der Waals surface area contributed by atoms with E-state index in [9.17, 15) is 24.5 Å². The van der Waals surface area contributed by atoms with Crippen molar-refractivity contribution in [2.45, 2.75) is 12.5 Å². The molecule has 5 rings (SSSR count). The number of carbonyl (C=O) groups excluding carboxylic acids is 3. The quantitative estimate of drug-likeness (QED) is 0.0617. The zero-order valence-corrected chi connectivity index (χ0v) is 24.9. The van der Waals surface area contributed by atoms with Crippen LogP contribution in [0.1, 0.15) is 27.2 Å². The SMILES string of the molecule is N[C@H](Cc1ccc(Cl)cc1)C(=O)Nc1ccc(NC(=O)/C=C/c2ccc(-c3ccc([N+](=O)[O-])cc3)o2)cc1C(=O)c1ccccc1. The van der Waals surface area contributed by atoms with Gasteiger partial charge in [0.05, 0.1) is 16.7 Å². The zero-order chi connectivity index (χ0) is 32.6. The predicted molar refractivity (Wildman–Crippen MR) is 177 cm³/mol. The third kappa shape index (κ3) is 8.00. The van der Waals surface area contributed by atoms with E-state index in [0.717, 1.165) is 5.56 Å². The van der Waals surface area contributed by atoms with Crippen molar-refractivity contribution in [3.05, 3.63) is 153 Å². The van der Waals surface area contributed by atoms with E-state index in [2.05, 4.69) is 10.6 Å². The van der Waals surface area contributed by atoms with Crippen LogP contribution >= 0.6 is 11.6 Å². The summed E-state index contributed by atoms with van der Waals surface area (Å²) >= 11 is 5.95. The normalized spacial score (nSPS) is 11.6. The summed E-state index contributed by atoms with van der Waals surface area (Å²) in [6, 6.07) is 28.5. The number of furan rings is 1. The lowest BCUT2D eigenvalue weighted by atomic mass is 10.00. The highest BCUT2D eigenvalue weighted by atomic mass is 35.5. The Morgan fingerprint density at radius 3 is 2.30 bits per heavy atom. The lowest BCUT2D eigenvalue weighted by Crippen LogP contribution is -2.37. The van der Waals surface area contributed by atoms with Crippen LogP contribution in [-0.4, -0.2) is 28.6 Å². The maximum Gasteiger partial charge on any atom is 0.269 e. The van der Waals surface area contributed by atoms with Gasteiger partial charge in [-0.25, -0.2) is 0 Å². The fourth-order valence-corrected chi connectivity index (χ4v) is 4.67.